The first kappa shape index (κ1) is 13.2. The highest BCUT2D eigenvalue weighted by molar-refractivity contribution is 6.32. The van der Waals surface area contributed by atoms with Crippen LogP contribution in [0.5, 0.6) is 11.5 Å². The van der Waals surface area contributed by atoms with E-state index in [1.54, 1.807) is 30.3 Å². The summed E-state index contributed by atoms with van der Waals surface area (Å²) in [6, 6.07) is 14.3. The Morgan fingerprint density at radius 3 is 2.53 bits per heavy atom. The molecule has 0 radical (unpaired) electrons. The number of aliphatic carboxylic acids is 1. The molecule has 2 rings (SSSR count). The van der Waals surface area contributed by atoms with Gasteiger partial charge in [0.15, 0.2) is 5.75 Å². The van der Waals surface area contributed by atoms with Gasteiger partial charge in [-0.2, -0.15) is 0 Å². The molecule has 1 N–H and O–H groups in total. The van der Waals surface area contributed by atoms with Crippen molar-refractivity contribution in [2.75, 3.05) is 0 Å². The van der Waals surface area contributed by atoms with Crippen LogP contribution in [0.15, 0.2) is 54.6 Å². The van der Waals surface area contributed by atoms with Crippen LogP contribution in [0.3, 0.4) is 0 Å². The van der Waals surface area contributed by atoms with Gasteiger partial charge in [0.1, 0.15) is 5.75 Å². The van der Waals surface area contributed by atoms with Gasteiger partial charge in [-0.05, 0) is 24.3 Å². The molecule has 96 valence electrons. The molecular formula is C15H11ClO3. The van der Waals surface area contributed by atoms with Gasteiger partial charge >= 0.3 is 5.97 Å². The minimum atomic E-state index is -1.02. The van der Waals surface area contributed by atoms with E-state index in [4.69, 9.17) is 21.4 Å². The normalized spacial score (nSPS) is 10.6. The summed E-state index contributed by atoms with van der Waals surface area (Å²) >= 11 is 6.09. The predicted molar refractivity (Wildman–Crippen MR) is 74.6 cm³/mol. The van der Waals surface area contributed by atoms with E-state index in [1.165, 1.54) is 6.08 Å². The van der Waals surface area contributed by atoms with Crippen LogP contribution in [0.4, 0.5) is 0 Å². The van der Waals surface area contributed by atoms with Gasteiger partial charge in [-0.3, -0.25) is 0 Å². The van der Waals surface area contributed by atoms with Crippen LogP contribution >= 0.6 is 11.6 Å². The zero-order chi connectivity index (χ0) is 13.7. The Kier molecular flexibility index (Phi) is 4.21. The SMILES string of the molecule is O=C(O)/C=C/c1cccc(Cl)c1Oc1ccccc1. The molecule has 2 aromatic rings. The molecule has 4 heteroatoms. The first-order valence-corrected chi connectivity index (χ1v) is 5.97. The lowest BCUT2D eigenvalue weighted by molar-refractivity contribution is -0.131. The Morgan fingerprint density at radius 2 is 1.84 bits per heavy atom. The van der Waals surface area contributed by atoms with E-state index < -0.39 is 5.97 Å². The van der Waals surface area contributed by atoms with Crippen molar-refractivity contribution >= 4 is 23.6 Å². The molecule has 0 saturated heterocycles. The topological polar surface area (TPSA) is 46.5 Å². The fourth-order valence-corrected chi connectivity index (χ4v) is 1.75. The summed E-state index contributed by atoms with van der Waals surface area (Å²) in [5, 5.41) is 9.09. The Balaban J connectivity index is 2.35. The number of hydrogen-bond acceptors (Lipinski definition) is 2. The van der Waals surface area contributed by atoms with Crippen molar-refractivity contribution in [3.8, 4) is 11.5 Å². The fraction of sp³-hybridized carbons (Fsp3) is 0. The molecule has 3 nitrogen and oxygen atoms in total. The summed E-state index contributed by atoms with van der Waals surface area (Å²) in [6.45, 7) is 0. The second-order valence-corrected chi connectivity index (χ2v) is 4.15. The molecule has 0 amide bonds. The minimum Gasteiger partial charge on any atom is -0.478 e. The quantitative estimate of drug-likeness (QED) is 0.849. The molecule has 0 aliphatic carbocycles. The highest BCUT2D eigenvalue weighted by atomic mass is 35.5. The molecule has 0 heterocycles. The van der Waals surface area contributed by atoms with E-state index in [0.717, 1.165) is 6.08 Å². The molecule has 0 fully saturated rings. The van der Waals surface area contributed by atoms with Crippen molar-refractivity contribution in [3.05, 3.63) is 65.2 Å². The van der Waals surface area contributed by atoms with E-state index in [1.807, 2.05) is 18.2 Å². The molecule has 19 heavy (non-hydrogen) atoms. The largest absolute Gasteiger partial charge is 0.478 e. The van der Waals surface area contributed by atoms with E-state index in [0.29, 0.717) is 22.1 Å². The maximum absolute atomic E-state index is 10.6. The number of carboxylic acids is 1. The van der Waals surface area contributed by atoms with Crippen molar-refractivity contribution in [1.29, 1.82) is 0 Å². The van der Waals surface area contributed by atoms with Crippen LogP contribution in [0.2, 0.25) is 5.02 Å². The smallest absolute Gasteiger partial charge is 0.328 e. The number of carbonyl (C=O) groups is 1. The van der Waals surface area contributed by atoms with Gasteiger partial charge in [-0.1, -0.05) is 41.9 Å². The maximum Gasteiger partial charge on any atom is 0.328 e. The zero-order valence-electron chi connectivity index (χ0n) is 9.92. The lowest BCUT2D eigenvalue weighted by Crippen LogP contribution is -1.90. The van der Waals surface area contributed by atoms with Gasteiger partial charge in [0.2, 0.25) is 0 Å². The number of para-hydroxylation sites is 2. The standard InChI is InChI=1S/C15H11ClO3/c16-13-8-4-5-11(9-10-14(17)18)15(13)19-12-6-2-1-3-7-12/h1-10H,(H,17,18)/b10-9+. The van der Waals surface area contributed by atoms with Crippen LogP contribution < -0.4 is 4.74 Å². The predicted octanol–water partition coefficient (Wildman–Crippen LogP) is 4.23. The third-order valence-corrected chi connectivity index (χ3v) is 2.66. The van der Waals surface area contributed by atoms with E-state index in [9.17, 15) is 4.79 Å². The molecule has 2 aromatic carbocycles. The average molecular weight is 275 g/mol. The van der Waals surface area contributed by atoms with Crippen LogP contribution in [0.25, 0.3) is 6.08 Å². The first-order valence-electron chi connectivity index (χ1n) is 5.59. The minimum absolute atomic E-state index is 0.427. The number of carboxylic acid groups (broad SMARTS) is 1. The molecular weight excluding hydrogens is 264 g/mol. The third-order valence-electron chi connectivity index (χ3n) is 2.37. The van der Waals surface area contributed by atoms with Crippen LogP contribution in [-0.4, -0.2) is 11.1 Å². The average Bonchev–Trinajstić information content (AvgIpc) is 2.40. The van der Waals surface area contributed by atoms with Crippen LogP contribution in [0, 0.1) is 0 Å². The van der Waals surface area contributed by atoms with Gasteiger partial charge < -0.3 is 9.84 Å². The highest BCUT2D eigenvalue weighted by Crippen LogP contribution is 2.33. The van der Waals surface area contributed by atoms with Gasteiger partial charge in [-0.25, -0.2) is 4.79 Å². The maximum atomic E-state index is 10.6. The first-order chi connectivity index (χ1) is 9.16. The number of hydrogen-bond donors (Lipinski definition) is 1. The van der Waals surface area contributed by atoms with Gasteiger partial charge in [0.25, 0.3) is 0 Å². The summed E-state index contributed by atoms with van der Waals surface area (Å²) in [5.74, 6) is 0.0547. The Hall–Kier alpha value is -2.26. The van der Waals surface area contributed by atoms with Crippen molar-refractivity contribution in [1.82, 2.24) is 0 Å². The summed E-state index contributed by atoms with van der Waals surface area (Å²) in [7, 11) is 0. The summed E-state index contributed by atoms with van der Waals surface area (Å²) in [6.07, 6.45) is 2.50. The highest BCUT2D eigenvalue weighted by Gasteiger charge is 2.07. The number of benzene rings is 2. The Morgan fingerprint density at radius 1 is 1.11 bits per heavy atom. The van der Waals surface area contributed by atoms with Crippen LogP contribution in [-0.2, 0) is 4.79 Å². The van der Waals surface area contributed by atoms with Gasteiger partial charge in [0, 0.05) is 11.6 Å². The third kappa shape index (κ3) is 3.60. The zero-order valence-corrected chi connectivity index (χ0v) is 10.7. The van der Waals surface area contributed by atoms with Gasteiger partial charge in [0.05, 0.1) is 5.02 Å². The molecule has 0 unspecified atom stereocenters. The van der Waals surface area contributed by atoms with Crippen molar-refractivity contribution in [3.63, 3.8) is 0 Å². The monoisotopic (exact) mass is 274 g/mol. The summed E-state index contributed by atoms with van der Waals surface area (Å²) in [4.78, 5) is 10.6. The van der Waals surface area contributed by atoms with Crippen molar-refractivity contribution in [2.45, 2.75) is 0 Å². The molecule has 0 atom stereocenters. The van der Waals surface area contributed by atoms with E-state index in [2.05, 4.69) is 0 Å². The van der Waals surface area contributed by atoms with E-state index >= 15 is 0 Å². The molecule has 0 spiro atoms. The Bertz CT molecular complexity index is 606. The Labute approximate surface area is 115 Å². The van der Waals surface area contributed by atoms with Gasteiger partial charge in [-0.15, -0.1) is 0 Å². The van der Waals surface area contributed by atoms with Crippen molar-refractivity contribution < 1.29 is 14.6 Å². The molecule has 0 bridgehead atoms. The second-order valence-electron chi connectivity index (χ2n) is 3.74. The second kappa shape index (κ2) is 6.07. The summed E-state index contributed by atoms with van der Waals surface area (Å²) < 4.78 is 5.70. The molecule has 0 aliphatic rings. The van der Waals surface area contributed by atoms with Crippen LogP contribution in [0.1, 0.15) is 5.56 Å². The number of rotatable bonds is 4. The van der Waals surface area contributed by atoms with Crippen molar-refractivity contribution in [2.24, 2.45) is 0 Å². The van der Waals surface area contributed by atoms with E-state index in [-0.39, 0.29) is 0 Å². The lowest BCUT2D eigenvalue weighted by Gasteiger charge is -2.10. The number of halogens is 1. The molecule has 0 saturated carbocycles. The number of ether oxygens (including phenoxy) is 1. The fourth-order valence-electron chi connectivity index (χ4n) is 1.53. The summed E-state index contributed by atoms with van der Waals surface area (Å²) in [5.41, 5.74) is 0.610. The molecule has 0 aromatic heterocycles. The lowest BCUT2D eigenvalue weighted by atomic mass is 10.2. The molecule has 0 aliphatic heterocycles.